The Bertz CT molecular complexity index is 1840. The van der Waals surface area contributed by atoms with Gasteiger partial charge in [0.05, 0.1) is 6.54 Å². The number of oxime groups is 1. The summed E-state index contributed by atoms with van der Waals surface area (Å²) in [7, 11) is 0. The fraction of sp³-hybridized carbons (Fsp3) is 0.216. The molecule has 0 fully saturated rings. The van der Waals surface area contributed by atoms with E-state index in [1.54, 1.807) is 78.9 Å². The van der Waals surface area contributed by atoms with Gasteiger partial charge in [0, 0.05) is 12.8 Å². The van der Waals surface area contributed by atoms with Crippen molar-refractivity contribution in [2.45, 2.75) is 44.8 Å². The molecule has 14 heteroatoms. The van der Waals surface area contributed by atoms with Crippen molar-refractivity contribution in [3.05, 3.63) is 131 Å². The van der Waals surface area contributed by atoms with Crippen LogP contribution in [0.5, 0.6) is 11.5 Å². The van der Waals surface area contributed by atoms with Gasteiger partial charge in [-0.1, -0.05) is 102 Å². The lowest BCUT2D eigenvalue weighted by molar-refractivity contribution is -0.123. The van der Waals surface area contributed by atoms with E-state index in [9.17, 15) is 24.3 Å². The van der Waals surface area contributed by atoms with Crippen molar-refractivity contribution in [1.29, 1.82) is 0 Å². The van der Waals surface area contributed by atoms with E-state index < -0.39 is 42.0 Å². The van der Waals surface area contributed by atoms with Gasteiger partial charge in [-0.2, -0.15) is 0 Å². The van der Waals surface area contributed by atoms with Crippen LogP contribution in [0.2, 0.25) is 0 Å². The fourth-order valence-electron chi connectivity index (χ4n) is 4.90. The third kappa shape index (κ3) is 11.1. The first kappa shape index (κ1) is 36.4. The molecule has 2 amide bonds. The molecule has 4 aromatic carbocycles. The lowest BCUT2D eigenvalue weighted by Crippen LogP contribution is -2.49. The van der Waals surface area contributed by atoms with Crippen molar-refractivity contribution in [1.82, 2.24) is 10.6 Å². The van der Waals surface area contributed by atoms with E-state index in [0.29, 0.717) is 22.2 Å². The quantitative estimate of drug-likeness (QED) is 0.0797. The summed E-state index contributed by atoms with van der Waals surface area (Å²) in [5.41, 5.74) is 1.82. The monoisotopic (exact) mass is 759 g/mol. The van der Waals surface area contributed by atoms with Gasteiger partial charge in [0.2, 0.25) is 5.91 Å². The molecule has 51 heavy (non-hydrogen) atoms. The normalized spacial score (nSPS) is 13.9. The van der Waals surface area contributed by atoms with E-state index in [-0.39, 0.29) is 49.7 Å². The first-order valence-corrected chi connectivity index (χ1v) is 16.6. The lowest BCUT2D eigenvalue weighted by atomic mass is 9.98. The highest BCUT2D eigenvalue weighted by Gasteiger charge is 2.30. The summed E-state index contributed by atoms with van der Waals surface area (Å²) < 4.78 is 21.9. The number of rotatable bonds is 14. The van der Waals surface area contributed by atoms with Crippen LogP contribution in [0, 0.1) is 0 Å². The van der Waals surface area contributed by atoms with E-state index in [4.69, 9.17) is 23.8 Å². The van der Waals surface area contributed by atoms with Crippen LogP contribution in [0.1, 0.15) is 39.0 Å². The van der Waals surface area contributed by atoms with Gasteiger partial charge < -0.3 is 39.5 Å². The predicted molar refractivity (Wildman–Crippen MR) is 187 cm³/mol. The SMILES string of the molecule is O=C(N[C@@H](Cc1ccc(OC(=O)OCc2ccccc2)c(O)c1C(=O)OCc1ccccc1)C(=O)NCC1CC(Br)=NO1)OCc1ccccc1. The standard InChI is InChI=1S/C37H34BrN3O10/c38-31-19-28(51-41-31)20-39-34(43)29(40-36(45)48-22-25-12-6-2-7-13-25)18-27-16-17-30(50-37(46)49-23-26-14-8-3-9-15-26)33(42)32(27)35(44)47-21-24-10-4-1-5-11-24/h1-17,28-29,42H,18-23H2,(H,39,43)(H,40,45)/t28?,29-/m0/s1. The van der Waals surface area contributed by atoms with Gasteiger partial charge in [-0.15, -0.1) is 0 Å². The summed E-state index contributed by atoms with van der Waals surface area (Å²) in [4.78, 5) is 57.9. The lowest BCUT2D eigenvalue weighted by Gasteiger charge is -2.21. The molecule has 13 nitrogen and oxygen atoms in total. The number of nitrogens with zero attached hydrogens (tertiary/aromatic N) is 1. The molecule has 2 atom stereocenters. The minimum absolute atomic E-state index is 0.0593. The minimum Gasteiger partial charge on any atom is -0.504 e. The maximum atomic E-state index is 13.6. The number of aromatic hydroxyl groups is 1. The molecule has 1 aliphatic heterocycles. The molecular weight excluding hydrogens is 726 g/mol. The molecule has 0 spiro atoms. The van der Waals surface area contributed by atoms with Crippen LogP contribution in [0.15, 0.2) is 108 Å². The van der Waals surface area contributed by atoms with Crippen molar-refractivity contribution >= 4 is 44.7 Å². The Morgan fingerprint density at radius 3 is 1.94 bits per heavy atom. The molecule has 0 aromatic heterocycles. The van der Waals surface area contributed by atoms with Crippen LogP contribution in [0.4, 0.5) is 9.59 Å². The summed E-state index contributed by atoms with van der Waals surface area (Å²) in [6, 6.07) is 28.0. The topological polar surface area (TPSA) is 171 Å². The van der Waals surface area contributed by atoms with E-state index in [1.807, 2.05) is 12.1 Å². The van der Waals surface area contributed by atoms with Crippen LogP contribution in [0.3, 0.4) is 0 Å². The molecule has 0 aliphatic carbocycles. The maximum Gasteiger partial charge on any atom is 0.514 e. The second-order valence-corrected chi connectivity index (χ2v) is 12.2. The molecule has 5 rings (SSSR count). The number of benzene rings is 4. The number of carbonyl (C=O) groups excluding carboxylic acids is 4. The molecule has 1 unspecified atom stereocenters. The molecular formula is C37H34BrN3O10. The summed E-state index contributed by atoms with van der Waals surface area (Å²) >= 11 is 3.26. The Kier molecular flexibility index (Phi) is 13.0. The van der Waals surface area contributed by atoms with Crippen LogP contribution in [-0.2, 0) is 50.1 Å². The third-order valence-corrected chi connectivity index (χ3v) is 7.95. The number of phenolic OH excluding ortho intramolecular Hbond substituents is 1. The molecule has 3 N–H and O–H groups in total. The Balaban J connectivity index is 1.37. The highest BCUT2D eigenvalue weighted by atomic mass is 79.9. The van der Waals surface area contributed by atoms with Crippen LogP contribution >= 0.6 is 15.9 Å². The second kappa shape index (κ2) is 18.2. The molecule has 0 radical (unpaired) electrons. The summed E-state index contributed by atoms with van der Waals surface area (Å²) in [6.45, 7) is -0.242. The number of amides is 2. The summed E-state index contributed by atoms with van der Waals surface area (Å²) in [5, 5.41) is 20.4. The summed E-state index contributed by atoms with van der Waals surface area (Å²) in [5.74, 6) is -2.72. The number of carbonyl (C=O) groups is 4. The molecule has 0 saturated heterocycles. The zero-order valence-electron chi connectivity index (χ0n) is 27.2. The number of hydrogen-bond donors (Lipinski definition) is 3. The number of esters is 1. The van der Waals surface area contributed by atoms with Crippen molar-refractivity contribution < 1.29 is 48.1 Å². The van der Waals surface area contributed by atoms with E-state index >= 15 is 0 Å². The molecule has 4 aromatic rings. The van der Waals surface area contributed by atoms with Crippen LogP contribution < -0.4 is 15.4 Å². The number of phenols is 1. The first-order chi connectivity index (χ1) is 24.7. The van der Waals surface area contributed by atoms with Gasteiger partial charge in [0.15, 0.2) is 17.6 Å². The summed E-state index contributed by atoms with van der Waals surface area (Å²) in [6.07, 6.45) is -2.35. The van der Waals surface area contributed by atoms with Gasteiger partial charge >= 0.3 is 18.2 Å². The minimum atomic E-state index is -1.30. The maximum absolute atomic E-state index is 13.6. The van der Waals surface area contributed by atoms with Gasteiger partial charge in [-0.25, -0.2) is 14.4 Å². The van der Waals surface area contributed by atoms with E-state index in [1.165, 1.54) is 12.1 Å². The van der Waals surface area contributed by atoms with Gasteiger partial charge in [-0.3, -0.25) is 4.79 Å². The van der Waals surface area contributed by atoms with Gasteiger partial charge in [0.25, 0.3) is 0 Å². The zero-order chi connectivity index (χ0) is 36.0. The number of alkyl carbamates (subject to hydrolysis) is 1. The highest BCUT2D eigenvalue weighted by Crippen LogP contribution is 2.34. The van der Waals surface area contributed by atoms with Crippen LogP contribution in [0.25, 0.3) is 0 Å². The first-order valence-electron chi connectivity index (χ1n) is 15.8. The van der Waals surface area contributed by atoms with Crippen molar-refractivity contribution in [3.8, 4) is 11.5 Å². The Hall–Kier alpha value is -5.89. The zero-order valence-corrected chi connectivity index (χ0v) is 28.7. The molecule has 0 bridgehead atoms. The molecule has 0 saturated carbocycles. The predicted octanol–water partition coefficient (Wildman–Crippen LogP) is 5.92. The van der Waals surface area contributed by atoms with Gasteiger partial charge in [-0.05, 0) is 44.3 Å². The number of halogens is 1. The Labute approximate surface area is 301 Å². The van der Waals surface area contributed by atoms with Crippen LogP contribution in [-0.4, -0.2) is 52.5 Å². The molecule has 264 valence electrons. The fourth-order valence-corrected chi connectivity index (χ4v) is 5.35. The smallest absolute Gasteiger partial charge is 0.504 e. The number of nitrogens with one attached hydrogen (secondary N) is 2. The largest absolute Gasteiger partial charge is 0.514 e. The van der Waals surface area contributed by atoms with Crippen molar-refractivity contribution in [3.63, 3.8) is 0 Å². The number of ether oxygens (including phenoxy) is 4. The third-order valence-electron chi connectivity index (χ3n) is 7.48. The van der Waals surface area contributed by atoms with E-state index in [2.05, 4.69) is 31.7 Å². The van der Waals surface area contributed by atoms with Crippen molar-refractivity contribution in [2.75, 3.05) is 6.54 Å². The number of hydrogen-bond acceptors (Lipinski definition) is 11. The molecule has 1 aliphatic rings. The highest BCUT2D eigenvalue weighted by molar-refractivity contribution is 9.18. The second-order valence-electron chi connectivity index (χ2n) is 11.2. The average Bonchev–Trinajstić information content (AvgIpc) is 3.58. The molecule has 1 heterocycles. The van der Waals surface area contributed by atoms with Crippen molar-refractivity contribution in [2.24, 2.45) is 5.16 Å². The average molecular weight is 761 g/mol. The Morgan fingerprint density at radius 1 is 0.804 bits per heavy atom. The van der Waals surface area contributed by atoms with Gasteiger partial charge in [0.1, 0.15) is 36.0 Å². The Morgan fingerprint density at radius 2 is 1.37 bits per heavy atom. The van der Waals surface area contributed by atoms with E-state index in [0.717, 1.165) is 5.56 Å².